The first-order valence-corrected chi connectivity index (χ1v) is 8.05. The molecule has 0 radical (unpaired) electrons. The maximum absolute atomic E-state index is 5.57. The molecule has 0 unspecified atom stereocenters. The van der Waals surface area contributed by atoms with Crippen LogP contribution in [0.15, 0.2) is 0 Å². The molecule has 2 nitrogen and oxygen atoms in total. The summed E-state index contributed by atoms with van der Waals surface area (Å²) in [7, 11) is 0. The Morgan fingerprint density at radius 1 is 1.05 bits per heavy atom. The van der Waals surface area contributed by atoms with Crippen molar-refractivity contribution in [3.05, 3.63) is 0 Å². The minimum atomic E-state index is 0.368. The summed E-state index contributed by atoms with van der Waals surface area (Å²) in [5.41, 5.74) is 0.973. The fourth-order valence-corrected chi connectivity index (χ4v) is 3.84. The fourth-order valence-electron chi connectivity index (χ4n) is 3.84. The third-order valence-corrected chi connectivity index (χ3v) is 4.01. The van der Waals surface area contributed by atoms with Crippen molar-refractivity contribution >= 4 is 0 Å². The van der Waals surface area contributed by atoms with Crippen LogP contribution in [0.2, 0.25) is 0 Å². The number of hydrogen-bond donors (Lipinski definition) is 1. The summed E-state index contributed by atoms with van der Waals surface area (Å²) in [4.78, 5) is 0. The fraction of sp³-hybridized carbons (Fsp3) is 1.00. The number of unbranched alkanes of at least 4 members (excludes halogenated alkanes) is 1. The van der Waals surface area contributed by atoms with E-state index in [2.05, 4.69) is 46.9 Å². The van der Waals surface area contributed by atoms with Crippen LogP contribution in [0, 0.1) is 10.8 Å². The van der Waals surface area contributed by atoms with Gasteiger partial charge in [-0.05, 0) is 63.3 Å². The number of hydrogen-bond acceptors (Lipinski definition) is 2. The normalized spacial score (nSPS) is 22.9. The SMILES string of the molecule is CC(C)OCCCCNC1CC(C)(C)CC(C)(C)C1. The molecule has 0 saturated heterocycles. The molecule has 1 aliphatic carbocycles. The van der Waals surface area contributed by atoms with Crippen molar-refractivity contribution in [2.24, 2.45) is 10.8 Å². The molecule has 0 spiro atoms. The van der Waals surface area contributed by atoms with E-state index in [0.29, 0.717) is 23.0 Å². The van der Waals surface area contributed by atoms with E-state index < -0.39 is 0 Å². The highest BCUT2D eigenvalue weighted by Crippen LogP contribution is 2.45. The molecular formula is C17H35NO. The van der Waals surface area contributed by atoms with Crippen LogP contribution in [-0.2, 0) is 4.74 Å². The van der Waals surface area contributed by atoms with Gasteiger partial charge in [-0.15, -0.1) is 0 Å². The smallest absolute Gasteiger partial charge is 0.0518 e. The average Bonchev–Trinajstić information content (AvgIpc) is 2.18. The Balaban J connectivity index is 2.18. The van der Waals surface area contributed by atoms with Crippen molar-refractivity contribution in [2.45, 2.75) is 85.8 Å². The van der Waals surface area contributed by atoms with Gasteiger partial charge in [-0.25, -0.2) is 0 Å². The van der Waals surface area contributed by atoms with Crippen LogP contribution in [0.3, 0.4) is 0 Å². The van der Waals surface area contributed by atoms with Crippen molar-refractivity contribution in [1.82, 2.24) is 5.32 Å². The van der Waals surface area contributed by atoms with Crippen molar-refractivity contribution in [3.8, 4) is 0 Å². The molecule has 114 valence electrons. The Labute approximate surface area is 120 Å². The summed E-state index contributed by atoms with van der Waals surface area (Å²) in [6.07, 6.45) is 6.75. The van der Waals surface area contributed by atoms with E-state index in [0.717, 1.165) is 13.2 Å². The lowest BCUT2D eigenvalue weighted by molar-refractivity contribution is 0.0727. The molecule has 2 heteroatoms. The van der Waals surface area contributed by atoms with Gasteiger partial charge in [-0.3, -0.25) is 0 Å². The van der Waals surface area contributed by atoms with Gasteiger partial charge in [-0.2, -0.15) is 0 Å². The van der Waals surface area contributed by atoms with E-state index in [-0.39, 0.29) is 0 Å². The topological polar surface area (TPSA) is 21.3 Å². The predicted molar refractivity (Wildman–Crippen MR) is 83.5 cm³/mol. The largest absolute Gasteiger partial charge is 0.379 e. The second kappa shape index (κ2) is 7.08. The van der Waals surface area contributed by atoms with Crippen LogP contribution in [-0.4, -0.2) is 25.3 Å². The molecule has 0 atom stereocenters. The molecule has 1 fully saturated rings. The summed E-state index contributed by atoms with van der Waals surface area (Å²) < 4.78 is 5.57. The monoisotopic (exact) mass is 269 g/mol. The van der Waals surface area contributed by atoms with Gasteiger partial charge >= 0.3 is 0 Å². The number of rotatable bonds is 7. The summed E-state index contributed by atoms with van der Waals surface area (Å²) in [5, 5.41) is 3.77. The molecule has 1 rings (SSSR count). The van der Waals surface area contributed by atoms with Crippen molar-refractivity contribution < 1.29 is 4.74 Å². The molecule has 0 aromatic rings. The molecule has 0 bridgehead atoms. The van der Waals surface area contributed by atoms with Crippen LogP contribution in [0.5, 0.6) is 0 Å². The van der Waals surface area contributed by atoms with E-state index in [4.69, 9.17) is 4.74 Å². The molecular weight excluding hydrogens is 234 g/mol. The molecule has 0 aliphatic heterocycles. The van der Waals surface area contributed by atoms with Crippen molar-refractivity contribution in [1.29, 1.82) is 0 Å². The Hall–Kier alpha value is -0.0800. The highest BCUT2D eigenvalue weighted by atomic mass is 16.5. The van der Waals surface area contributed by atoms with Crippen molar-refractivity contribution in [3.63, 3.8) is 0 Å². The van der Waals surface area contributed by atoms with Gasteiger partial charge in [0, 0.05) is 12.6 Å². The molecule has 1 aliphatic rings. The Kier molecular flexibility index (Phi) is 6.32. The maximum atomic E-state index is 5.57. The second-order valence-electron chi connectivity index (χ2n) is 8.19. The van der Waals surface area contributed by atoms with Crippen LogP contribution >= 0.6 is 0 Å². The first-order valence-electron chi connectivity index (χ1n) is 8.05. The zero-order chi connectivity index (χ0) is 14.5. The third-order valence-electron chi connectivity index (χ3n) is 4.01. The summed E-state index contributed by atoms with van der Waals surface area (Å²) in [6.45, 7) is 15.9. The lowest BCUT2D eigenvalue weighted by Crippen LogP contribution is -2.44. The molecule has 0 amide bonds. The minimum absolute atomic E-state index is 0.368. The standard InChI is InChI=1S/C17H35NO/c1-14(2)19-10-8-7-9-18-15-11-16(3,4)13-17(5,6)12-15/h14-15,18H,7-13H2,1-6H3. The van der Waals surface area contributed by atoms with Gasteiger partial charge < -0.3 is 10.1 Å². The predicted octanol–water partition coefficient (Wildman–Crippen LogP) is 4.39. The molecule has 1 N–H and O–H groups in total. The van der Waals surface area contributed by atoms with Gasteiger partial charge in [-0.1, -0.05) is 27.7 Å². The third kappa shape index (κ3) is 7.31. The van der Waals surface area contributed by atoms with E-state index in [9.17, 15) is 0 Å². The Bertz CT molecular complexity index is 242. The lowest BCUT2D eigenvalue weighted by Gasteiger charge is -2.45. The first-order chi connectivity index (χ1) is 8.70. The van der Waals surface area contributed by atoms with Gasteiger partial charge in [0.1, 0.15) is 0 Å². The molecule has 0 aromatic carbocycles. The highest BCUT2D eigenvalue weighted by Gasteiger charge is 2.37. The molecule has 1 saturated carbocycles. The highest BCUT2D eigenvalue weighted by molar-refractivity contribution is 4.92. The van der Waals surface area contributed by atoms with Gasteiger partial charge in [0.05, 0.1) is 6.10 Å². The van der Waals surface area contributed by atoms with E-state index >= 15 is 0 Å². The summed E-state index contributed by atoms with van der Waals surface area (Å²) >= 11 is 0. The van der Waals surface area contributed by atoms with E-state index in [1.54, 1.807) is 0 Å². The van der Waals surface area contributed by atoms with Gasteiger partial charge in [0.25, 0.3) is 0 Å². The second-order valence-corrected chi connectivity index (χ2v) is 8.19. The van der Waals surface area contributed by atoms with Gasteiger partial charge in [0.2, 0.25) is 0 Å². The molecule has 0 aromatic heterocycles. The van der Waals surface area contributed by atoms with Crippen LogP contribution < -0.4 is 5.32 Å². The maximum Gasteiger partial charge on any atom is 0.0518 e. The first kappa shape index (κ1) is 17.0. The Morgan fingerprint density at radius 2 is 1.63 bits per heavy atom. The molecule has 19 heavy (non-hydrogen) atoms. The molecule has 0 heterocycles. The zero-order valence-electron chi connectivity index (χ0n) is 14.0. The van der Waals surface area contributed by atoms with Crippen LogP contribution in [0.25, 0.3) is 0 Å². The lowest BCUT2D eigenvalue weighted by atomic mass is 9.63. The van der Waals surface area contributed by atoms with Crippen LogP contribution in [0.1, 0.15) is 73.6 Å². The number of ether oxygens (including phenoxy) is 1. The summed E-state index contributed by atoms with van der Waals surface area (Å²) in [5.74, 6) is 0. The van der Waals surface area contributed by atoms with Crippen molar-refractivity contribution in [2.75, 3.05) is 13.2 Å². The van der Waals surface area contributed by atoms with Gasteiger partial charge in [0.15, 0.2) is 0 Å². The summed E-state index contributed by atoms with van der Waals surface area (Å²) in [6, 6.07) is 0.699. The van der Waals surface area contributed by atoms with E-state index in [1.165, 1.54) is 32.1 Å². The number of nitrogens with one attached hydrogen (secondary N) is 1. The van der Waals surface area contributed by atoms with Crippen LogP contribution in [0.4, 0.5) is 0 Å². The quantitative estimate of drug-likeness (QED) is 0.692. The Morgan fingerprint density at radius 3 is 2.16 bits per heavy atom. The zero-order valence-corrected chi connectivity index (χ0v) is 14.0. The minimum Gasteiger partial charge on any atom is -0.379 e. The van der Waals surface area contributed by atoms with E-state index in [1.807, 2.05) is 0 Å². The average molecular weight is 269 g/mol.